The first kappa shape index (κ1) is 16.8. The molecule has 3 nitrogen and oxygen atoms in total. The molecule has 0 bridgehead atoms. The van der Waals surface area contributed by atoms with Crippen LogP contribution in [0.2, 0.25) is 0 Å². The van der Waals surface area contributed by atoms with E-state index in [1.807, 2.05) is 0 Å². The van der Waals surface area contributed by atoms with Crippen LogP contribution in [0.3, 0.4) is 0 Å². The summed E-state index contributed by atoms with van der Waals surface area (Å²) in [6.45, 7) is -0.0104. The molecule has 122 valence electrons. The highest BCUT2D eigenvalue weighted by molar-refractivity contribution is 5.72. The zero-order valence-corrected chi connectivity index (χ0v) is 11.8. The molecule has 0 unspecified atom stereocenters. The van der Waals surface area contributed by atoms with Gasteiger partial charge in [-0.15, -0.1) is 0 Å². The predicted octanol–water partition coefficient (Wildman–Crippen LogP) is 4.01. The molecular weight excluding hydrogens is 316 g/mol. The highest BCUT2D eigenvalue weighted by Crippen LogP contribution is 2.19. The Balaban J connectivity index is 1.76. The molecule has 0 radical (unpaired) electrons. The van der Waals surface area contributed by atoms with Crippen molar-refractivity contribution < 1.29 is 31.8 Å². The lowest BCUT2D eigenvalue weighted by Crippen LogP contribution is -2.11. The molecule has 2 aromatic rings. The van der Waals surface area contributed by atoms with E-state index < -0.39 is 29.2 Å². The molecule has 0 aromatic heterocycles. The number of hydrogen-bond acceptors (Lipinski definition) is 3. The number of rotatable bonds is 6. The van der Waals surface area contributed by atoms with Crippen molar-refractivity contribution >= 4 is 5.97 Å². The summed E-state index contributed by atoms with van der Waals surface area (Å²) in [5.41, 5.74) is 0. The Morgan fingerprint density at radius 2 is 1.43 bits per heavy atom. The van der Waals surface area contributed by atoms with Gasteiger partial charge in [0, 0.05) is 18.6 Å². The second-order valence-electron chi connectivity index (χ2n) is 4.58. The van der Waals surface area contributed by atoms with E-state index in [2.05, 4.69) is 0 Å². The molecule has 0 saturated carbocycles. The Hall–Kier alpha value is -2.57. The fourth-order valence-electron chi connectivity index (χ4n) is 1.72. The van der Waals surface area contributed by atoms with Gasteiger partial charge in [-0.2, -0.15) is 0 Å². The first-order chi connectivity index (χ1) is 11.0. The molecule has 0 amide bonds. The average Bonchev–Trinajstić information content (AvgIpc) is 2.48. The van der Waals surface area contributed by atoms with Crippen LogP contribution in [0.4, 0.5) is 17.6 Å². The number of carbonyl (C=O) groups is 1. The maximum absolute atomic E-state index is 13.3. The summed E-state index contributed by atoms with van der Waals surface area (Å²) in [6.07, 6.45) is 0.0676. The molecule has 2 rings (SSSR count). The largest absolute Gasteiger partial charge is 0.491 e. The molecule has 0 N–H and O–H groups in total. The summed E-state index contributed by atoms with van der Waals surface area (Å²) in [4.78, 5) is 11.5. The van der Waals surface area contributed by atoms with Gasteiger partial charge in [0.15, 0.2) is 23.1 Å². The van der Waals surface area contributed by atoms with Gasteiger partial charge >= 0.3 is 5.97 Å². The third-order valence-corrected chi connectivity index (χ3v) is 2.79. The molecule has 0 aliphatic carbocycles. The number of hydrogen-bond donors (Lipinski definition) is 0. The minimum Gasteiger partial charge on any atom is -0.491 e. The molecule has 0 aliphatic heterocycles. The van der Waals surface area contributed by atoms with E-state index in [4.69, 9.17) is 9.47 Å². The Labute approximate surface area is 129 Å². The van der Waals surface area contributed by atoms with Crippen molar-refractivity contribution in [2.45, 2.75) is 12.8 Å². The van der Waals surface area contributed by atoms with Gasteiger partial charge in [0.2, 0.25) is 0 Å². The van der Waals surface area contributed by atoms with Crippen LogP contribution in [0.15, 0.2) is 36.4 Å². The molecule has 0 spiro atoms. The van der Waals surface area contributed by atoms with Gasteiger partial charge in [0.05, 0.1) is 6.61 Å². The van der Waals surface area contributed by atoms with Crippen molar-refractivity contribution in [1.29, 1.82) is 0 Å². The fourth-order valence-corrected chi connectivity index (χ4v) is 1.72. The van der Waals surface area contributed by atoms with E-state index in [0.29, 0.717) is 12.1 Å². The number of halogens is 4. The number of esters is 1. The SMILES string of the molecule is O=C(CCCOc1ccc(F)cc1F)Oc1ccc(F)cc1F. The number of ether oxygens (including phenoxy) is 2. The van der Waals surface area contributed by atoms with E-state index in [1.54, 1.807) is 0 Å². The molecule has 2 aromatic carbocycles. The molecule has 0 aliphatic rings. The lowest BCUT2D eigenvalue weighted by Gasteiger charge is -2.08. The number of benzene rings is 2. The van der Waals surface area contributed by atoms with E-state index in [1.165, 1.54) is 0 Å². The minimum absolute atomic E-state index is 0.0104. The minimum atomic E-state index is -0.983. The first-order valence-electron chi connectivity index (χ1n) is 6.69. The van der Waals surface area contributed by atoms with Crippen molar-refractivity contribution in [2.75, 3.05) is 6.61 Å². The maximum Gasteiger partial charge on any atom is 0.311 e. The quantitative estimate of drug-likeness (QED) is 0.348. The van der Waals surface area contributed by atoms with Crippen LogP contribution < -0.4 is 9.47 Å². The van der Waals surface area contributed by atoms with Crippen LogP contribution >= 0.6 is 0 Å². The topological polar surface area (TPSA) is 35.5 Å². The Morgan fingerprint density at radius 1 is 0.870 bits per heavy atom. The normalized spacial score (nSPS) is 10.4. The summed E-state index contributed by atoms with van der Waals surface area (Å²) in [5.74, 6) is -4.58. The van der Waals surface area contributed by atoms with Crippen molar-refractivity contribution in [1.82, 2.24) is 0 Å². The maximum atomic E-state index is 13.3. The molecule has 0 fully saturated rings. The van der Waals surface area contributed by atoms with E-state index >= 15 is 0 Å². The van der Waals surface area contributed by atoms with Crippen molar-refractivity contribution in [3.05, 3.63) is 59.7 Å². The zero-order valence-electron chi connectivity index (χ0n) is 11.8. The third kappa shape index (κ3) is 4.98. The van der Waals surface area contributed by atoms with Gasteiger partial charge < -0.3 is 9.47 Å². The zero-order chi connectivity index (χ0) is 16.8. The Kier molecular flexibility index (Phi) is 5.56. The molecule has 0 atom stereocenters. The van der Waals surface area contributed by atoms with Gasteiger partial charge in [-0.25, -0.2) is 17.6 Å². The Morgan fingerprint density at radius 3 is 2.00 bits per heavy atom. The van der Waals surface area contributed by atoms with Gasteiger partial charge in [0.1, 0.15) is 11.6 Å². The van der Waals surface area contributed by atoms with Gasteiger partial charge in [-0.1, -0.05) is 0 Å². The highest BCUT2D eigenvalue weighted by atomic mass is 19.1. The van der Waals surface area contributed by atoms with E-state index in [-0.39, 0.29) is 30.9 Å². The summed E-state index contributed by atoms with van der Waals surface area (Å²) in [7, 11) is 0. The van der Waals surface area contributed by atoms with Crippen molar-refractivity contribution in [3.8, 4) is 11.5 Å². The van der Waals surface area contributed by atoms with E-state index in [9.17, 15) is 22.4 Å². The standard InChI is InChI=1S/C16H12F4O3/c17-10-3-5-14(12(19)8-10)22-7-1-2-16(21)23-15-6-4-11(18)9-13(15)20/h3-6,8-9H,1-2,7H2. The van der Waals surface area contributed by atoms with Crippen LogP contribution in [0.5, 0.6) is 11.5 Å². The van der Waals surface area contributed by atoms with Crippen molar-refractivity contribution in [3.63, 3.8) is 0 Å². The summed E-state index contributed by atoms with van der Waals surface area (Å²) >= 11 is 0. The van der Waals surface area contributed by atoms with E-state index in [0.717, 1.165) is 24.3 Å². The molecule has 0 saturated heterocycles. The van der Waals surface area contributed by atoms with Gasteiger partial charge in [-0.05, 0) is 30.7 Å². The van der Waals surface area contributed by atoms with Crippen LogP contribution in [0, 0.1) is 23.3 Å². The third-order valence-electron chi connectivity index (χ3n) is 2.79. The van der Waals surface area contributed by atoms with Crippen LogP contribution in [-0.2, 0) is 4.79 Å². The molecule has 7 heteroatoms. The second-order valence-corrected chi connectivity index (χ2v) is 4.58. The fraction of sp³-hybridized carbons (Fsp3) is 0.188. The van der Waals surface area contributed by atoms with Crippen LogP contribution in [-0.4, -0.2) is 12.6 Å². The summed E-state index contributed by atoms with van der Waals surface area (Å²) < 4.78 is 61.7. The van der Waals surface area contributed by atoms with Gasteiger partial charge in [-0.3, -0.25) is 4.79 Å². The monoisotopic (exact) mass is 328 g/mol. The van der Waals surface area contributed by atoms with Crippen LogP contribution in [0.1, 0.15) is 12.8 Å². The molecule has 23 heavy (non-hydrogen) atoms. The second kappa shape index (κ2) is 7.62. The average molecular weight is 328 g/mol. The lowest BCUT2D eigenvalue weighted by molar-refractivity contribution is -0.134. The lowest BCUT2D eigenvalue weighted by atomic mass is 10.3. The van der Waals surface area contributed by atoms with Gasteiger partial charge in [0.25, 0.3) is 0 Å². The molecular formula is C16H12F4O3. The Bertz CT molecular complexity index is 704. The number of carbonyl (C=O) groups excluding carboxylic acids is 1. The highest BCUT2D eigenvalue weighted by Gasteiger charge is 2.11. The summed E-state index contributed by atoms with van der Waals surface area (Å²) in [6, 6.07) is 5.43. The summed E-state index contributed by atoms with van der Waals surface area (Å²) in [5, 5.41) is 0. The molecule has 0 heterocycles. The smallest absolute Gasteiger partial charge is 0.311 e. The van der Waals surface area contributed by atoms with Crippen molar-refractivity contribution in [2.24, 2.45) is 0 Å². The predicted molar refractivity (Wildman–Crippen MR) is 73.1 cm³/mol. The van der Waals surface area contributed by atoms with Crippen LogP contribution in [0.25, 0.3) is 0 Å². The first-order valence-corrected chi connectivity index (χ1v) is 6.69.